The molecule has 0 spiro atoms. The number of nitrogens with zero attached hydrogens (tertiary/aromatic N) is 2. The normalized spacial score (nSPS) is 22.8. The molecule has 1 heterocycles. The third-order valence-corrected chi connectivity index (χ3v) is 5.41. The summed E-state index contributed by atoms with van der Waals surface area (Å²) in [7, 11) is 1.58. The molecule has 0 aromatic heterocycles. The van der Waals surface area contributed by atoms with E-state index in [0.29, 0.717) is 12.3 Å². The summed E-state index contributed by atoms with van der Waals surface area (Å²) < 4.78 is 0. The van der Waals surface area contributed by atoms with Gasteiger partial charge in [0.05, 0.1) is 5.92 Å². The molecule has 4 amide bonds. The number of hydroxylamine groups is 1. The number of hydrogen-bond acceptors (Lipinski definition) is 4. The molecule has 130 valence electrons. The number of imide groups is 1. The van der Waals surface area contributed by atoms with Crippen LogP contribution < -0.4 is 5.48 Å². The Bertz CT molecular complexity index is 486. The van der Waals surface area contributed by atoms with Crippen molar-refractivity contribution in [2.75, 3.05) is 13.6 Å². The van der Waals surface area contributed by atoms with Gasteiger partial charge in [-0.15, -0.1) is 0 Å². The fourth-order valence-electron chi connectivity index (χ4n) is 3.49. The molecule has 1 atom stereocenters. The van der Waals surface area contributed by atoms with Crippen LogP contribution in [0.1, 0.15) is 52.4 Å². The highest BCUT2D eigenvalue weighted by molar-refractivity contribution is 6.06. The average molecular weight is 325 g/mol. The van der Waals surface area contributed by atoms with Crippen LogP contribution in [-0.4, -0.2) is 52.0 Å². The summed E-state index contributed by atoms with van der Waals surface area (Å²) in [6.45, 7) is 3.39. The van der Waals surface area contributed by atoms with Crippen LogP contribution in [0.5, 0.6) is 0 Å². The Morgan fingerprint density at radius 3 is 2.43 bits per heavy atom. The van der Waals surface area contributed by atoms with Crippen LogP contribution in [0.15, 0.2) is 0 Å². The Hall–Kier alpha value is -1.63. The second-order valence-electron chi connectivity index (χ2n) is 7.22. The second kappa shape index (κ2) is 6.86. The van der Waals surface area contributed by atoms with E-state index in [1.54, 1.807) is 26.4 Å². The number of rotatable bonds is 6. The van der Waals surface area contributed by atoms with Crippen molar-refractivity contribution in [3.05, 3.63) is 0 Å². The summed E-state index contributed by atoms with van der Waals surface area (Å²) in [4.78, 5) is 39.2. The van der Waals surface area contributed by atoms with E-state index in [0.717, 1.165) is 11.3 Å². The van der Waals surface area contributed by atoms with Crippen LogP contribution in [0.4, 0.5) is 4.79 Å². The average Bonchev–Trinajstić information content (AvgIpc) is 3.09. The maximum Gasteiger partial charge on any atom is 0.327 e. The van der Waals surface area contributed by atoms with Gasteiger partial charge in [-0.3, -0.25) is 19.7 Å². The fourth-order valence-corrected chi connectivity index (χ4v) is 3.49. The first kappa shape index (κ1) is 17.7. The summed E-state index contributed by atoms with van der Waals surface area (Å²) in [5, 5.41) is 8.96. The predicted molar refractivity (Wildman–Crippen MR) is 83.6 cm³/mol. The number of urea groups is 1. The first-order chi connectivity index (χ1) is 10.8. The number of hydrogen-bond donors (Lipinski definition) is 2. The molecule has 7 heteroatoms. The number of carbonyl (C=O) groups is 3. The molecule has 1 aliphatic heterocycles. The molecular weight excluding hydrogens is 298 g/mol. The summed E-state index contributed by atoms with van der Waals surface area (Å²) >= 11 is 0. The van der Waals surface area contributed by atoms with Gasteiger partial charge in [0.15, 0.2) is 0 Å². The number of carbonyl (C=O) groups excluding carboxylic acids is 3. The Kier molecular flexibility index (Phi) is 5.29. The topological polar surface area (TPSA) is 90.0 Å². The van der Waals surface area contributed by atoms with E-state index in [1.807, 2.05) is 0 Å². The quantitative estimate of drug-likeness (QED) is 0.442. The van der Waals surface area contributed by atoms with Gasteiger partial charge in [-0.2, -0.15) is 0 Å². The SMILES string of the molecule is CN1C(=O)N(C[C@@H](CCC2CCCC2)C(=O)NO)C(=O)C1(C)C. The molecule has 0 bridgehead atoms. The highest BCUT2D eigenvalue weighted by atomic mass is 16.5. The van der Waals surface area contributed by atoms with Gasteiger partial charge < -0.3 is 4.90 Å². The van der Waals surface area contributed by atoms with Gasteiger partial charge in [0, 0.05) is 13.6 Å². The van der Waals surface area contributed by atoms with Gasteiger partial charge in [-0.25, -0.2) is 10.3 Å². The molecule has 0 aromatic rings. The van der Waals surface area contributed by atoms with Crippen LogP contribution in [-0.2, 0) is 9.59 Å². The van der Waals surface area contributed by atoms with Crippen molar-refractivity contribution in [2.45, 2.75) is 57.9 Å². The van der Waals surface area contributed by atoms with Crippen LogP contribution in [0.25, 0.3) is 0 Å². The van der Waals surface area contributed by atoms with E-state index >= 15 is 0 Å². The standard InChI is InChI=1S/C16H27N3O4/c1-16(2)14(21)19(15(22)18(16)3)10-12(13(20)17-23)9-8-11-6-4-5-7-11/h11-12,23H,4-10H2,1-3H3,(H,17,20)/t12-/m1/s1. The Labute approximate surface area is 137 Å². The van der Waals surface area contributed by atoms with E-state index < -0.39 is 23.4 Å². The molecule has 23 heavy (non-hydrogen) atoms. The lowest BCUT2D eigenvalue weighted by atomic mass is 9.93. The molecule has 7 nitrogen and oxygen atoms in total. The number of amides is 4. The number of likely N-dealkylation sites (N-methyl/N-ethyl adjacent to an activating group) is 1. The van der Waals surface area contributed by atoms with Gasteiger partial charge in [0.25, 0.3) is 5.91 Å². The lowest BCUT2D eigenvalue weighted by Crippen LogP contribution is -2.43. The van der Waals surface area contributed by atoms with E-state index in [4.69, 9.17) is 5.21 Å². The zero-order valence-corrected chi connectivity index (χ0v) is 14.2. The molecule has 1 saturated carbocycles. The lowest BCUT2D eigenvalue weighted by molar-refractivity contribution is -0.136. The first-order valence-corrected chi connectivity index (χ1v) is 8.32. The largest absolute Gasteiger partial charge is 0.327 e. The minimum Gasteiger partial charge on any atom is -0.313 e. The number of nitrogens with one attached hydrogen (secondary N) is 1. The van der Waals surface area contributed by atoms with E-state index in [-0.39, 0.29) is 12.5 Å². The minimum absolute atomic E-state index is 0.0184. The Balaban J connectivity index is 2.03. The van der Waals surface area contributed by atoms with Crippen LogP contribution in [0.2, 0.25) is 0 Å². The van der Waals surface area contributed by atoms with Crippen molar-refractivity contribution >= 4 is 17.8 Å². The van der Waals surface area contributed by atoms with E-state index in [9.17, 15) is 14.4 Å². The molecule has 1 aliphatic carbocycles. The van der Waals surface area contributed by atoms with Gasteiger partial charge in [0.1, 0.15) is 5.54 Å². The van der Waals surface area contributed by atoms with Gasteiger partial charge in [0.2, 0.25) is 5.91 Å². The van der Waals surface area contributed by atoms with Crippen molar-refractivity contribution < 1.29 is 19.6 Å². The Morgan fingerprint density at radius 1 is 1.35 bits per heavy atom. The maximum absolute atomic E-state index is 12.4. The van der Waals surface area contributed by atoms with Gasteiger partial charge in [-0.05, 0) is 32.6 Å². The molecule has 0 radical (unpaired) electrons. The van der Waals surface area contributed by atoms with Crippen molar-refractivity contribution in [1.29, 1.82) is 0 Å². The van der Waals surface area contributed by atoms with Crippen molar-refractivity contribution in [1.82, 2.24) is 15.3 Å². The Morgan fingerprint density at radius 2 is 1.96 bits per heavy atom. The zero-order chi connectivity index (χ0) is 17.2. The van der Waals surface area contributed by atoms with Crippen molar-refractivity contribution in [3.8, 4) is 0 Å². The molecule has 2 N–H and O–H groups in total. The summed E-state index contributed by atoms with van der Waals surface area (Å²) in [6, 6.07) is -0.392. The monoisotopic (exact) mass is 325 g/mol. The van der Waals surface area contributed by atoms with Gasteiger partial charge in [-0.1, -0.05) is 25.7 Å². The highest BCUT2D eigenvalue weighted by Gasteiger charge is 2.50. The first-order valence-electron chi connectivity index (χ1n) is 8.32. The smallest absolute Gasteiger partial charge is 0.313 e. The van der Waals surface area contributed by atoms with Crippen LogP contribution in [0, 0.1) is 11.8 Å². The lowest BCUT2D eigenvalue weighted by Gasteiger charge is -2.23. The van der Waals surface area contributed by atoms with Gasteiger partial charge >= 0.3 is 6.03 Å². The molecule has 2 fully saturated rings. The van der Waals surface area contributed by atoms with Crippen molar-refractivity contribution in [3.63, 3.8) is 0 Å². The van der Waals surface area contributed by atoms with E-state index in [2.05, 4.69) is 0 Å². The zero-order valence-electron chi connectivity index (χ0n) is 14.2. The molecular formula is C16H27N3O4. The van der Waals surface area contributed by atoms with Crippen LogP contribution in [0.3, 0.4) is 0 Å². The summed E-state index contributed by atoms with van der Waals surface area (Å²) in [6.07, 6.45) is 6.24. The fraction of sp³-hybridized carbons (Fsp3) is 0.812. The maximum atomic E-state index is 12.4. The molecule has 0 aromatic carbocycles. The molecule has 1 saturated heterocycles. The van der Waals surface area contributed by atoms with E-state index in [1.165, 1.54) is 30.6 Å². The third kappa shape index (κ3) is 3.49. The predicted octanol–water partition coefficient (Wildman–Crippen LogP) is 1.75. The summed E-state index contributed by atoms with van der Waals surface area (Å²) in [5.41, 5.74) is 0.774. The molecule has 2 rings (SSSR count). The second-order valence-corrected chi connectivity index (χ2v) is 7.22. The third-order valence-electron chi connectivity index (χ3n) is 5.41. The minimum atomic E-state index is -0.900. The van der Waals surface area contributed by atoms with Crippen LogP contribution >= 0.6 is 0 Å². The summed E-state index contributed by atoms with van der Waals surface area (Å²) in [5.74, 6) is -0.804. The molecule has 2 aliphatic rings. The van der Waals surface area contributed by atoms with Crippen molar-refractivity contribution in [2.24, 2.45) is 11.8 Å². The molecule has 0 unspecified atom stereocenters. The highest BCUT2D eigenvalue weighted by Crippen LogP contribution is 2.31.